The van der Waals surface area contributed by atoms with Crippen molar-refractivity contribution in [3.63, 3.8) is 0 Å². The van der Waals surface area contributed by atoms with Gasteiger partial charge in [-0.3, -0.25) is 19.5 Å². The Bertz CT molecular complexity index is 571. The molecule has 6 nitrogen and oxygen atoms in total. The maximum absolute atomic E-state index is 12.5. The van der Waals surface area contributed by atoms with Gasteiger partial charge in [0.05, 0.1) is 11.9 Å². The standard InChI is InChI=1S/C16H21N3O3/c1-6-8-13(10-17-7-2)18-15(21)16(4,5)19-11-22-12(3)9-14(19)20/h6-10H,1-2,11H2,3-5H3,(H,18,21)/b13-8+,17-10-. The van der Waals surface area contributed by atoms with Crippen molar-refractivity contribution in [1.29, 1.82) is 0 Å². The third kappa shape index (κ3) is 4.18. The second-order valence-corrected chi connectivity index (χ2v) is 5.13. The molecule has 0 aromatic rings. The van der Waals surface area contributed by atoms with Crippen LogP contribution in [-0.2, 0) is 14.3 Å². The molecule has 0 atom stereocenters. The van der Waals surface area contributed by atoms with Gasteiger partial charge < -0.3 is 10.1 Å². The first kappa shape index (κ1) is 17.4. The Morgan fingerprint density at radius 3 is 2.73 bits per heavy atom. The highest BCUT2D eigenvalue weighted by Crippen LogP contribution is 2.20. The van der Waals surface area contributed by atoms with E-state index in [9.17, 15) is 9.59 Å². The summed E-state index contributed by atoms with van der Waals surface area (Å²) in [6, 6.07) is 0. The molecule has 0 aromatic heterocycles. The van der Waals surface area contributed by atoms with Gasteiger partial charge in [-0.25, -0.2) is 0 Å². The first-order valence-corrected chi connectivity index (χ1v) is 6.74. The van der Waals surface area contributed by atoms with E-state index in [2.05, 4.69) is 23.5 Å². The van der Waals surface area contributed by atoms with Crippen molar-refractivity contribution >= 4 is 18.0 Å². The van der Waals surface area contributed by atoms with Gasteiger partial charge in [-0.2, -0.15) is 0 Å². The van der Waals surface area contributed by atoms with Crippen molar-refractivity contribution in [2.24, 2.45) is 4.99 Å². The van der Waals surface area contributed by atoms with Gasteiger partial charge in [-0.15, -0.1) is 0 Å². The molecular weight excluding hydrogens is 282 g/mol. The van der Waals surface area contributed by atoms with Gasteiger partial charge in [-0.05, 0) is 26.8 Å². The third-order valence-corrected chi connectivity index (χ3v) is 3.12. The highest BCUT2D eigenvalue weighted by Gasteiger charge is 2.39. The number of nitrogens with zero attached hydrogens (tertiary/aromatic N) is 2. The second-order valence-electron chi connectivity index (χ2n) is 5.13. The lowest BCUT2D eigenvalue weighted by atomic mass is 10.0. The Kier molecular flexibility index (Phi) is 5.86. The minimum atomic E-state index is -1.09. The van der Waals surface area contributed by atoms with E-state index < -0.39 is 5.54 Å². The van der Waals surface area contributed by atoms with Crippen LogP contribution < -0.4 is 5.32 Å². The van der Waals surface area contributed by atoms with Crippen LogP contribution >= 0.6 is 0 Å². The van der Waals surface area contributed by atoms with Crippen molar-refractivity contribution in [3.05, 3.63) is 49.0 Å². The predicted molar refractivity (Wildman–Crippen MR) is 85.7 cm³/mol. The van der Waals surface area contributed by atoms with Gasteiger partial charge in [0.15, 0.2) is 6.73 Å². The van der Waals surface area contributed by atoms with Crippen LogP contribution in [0.15, 0.2) is 54.0 Å². The SMILES string of the molecule is C=C/C=C(\C=N/C=C)NC(=O)C(C)(C)N1COC(C)=CC1=O. The van der Waals surface area contributed by atoms with E-state index in [-0.39, 0.29) is 18.5 Å². The number of allylic oxidation sites excluding steroid dienone is 4. The Hall–Kier alpha value is -2.63. The molecule has 22 heavy (non-hydrogen) atoms. The number of carbonyl (C=O) groups excluding carboxylic acids is 2. The van der Waals surface area contributed by atoms with E-state index in [0.717, 1.165) is 0 Å². The smallest absolute Gasteiger partial charge is 0.253 e. The van der Waals surface area contributed by atoms with Crippen LogP contribution in [0.25, 0.3) is 0 Å². The van der Waals surface area contributed by atoms with Crippen molar-refractivity contribution in [2.75, 3.05) is 6.73 Å². The summed E-state index contributed by atoms with van der Waals surface area (Å²) >= 11 is 0. The lowest BCUT2D eigenvalue weighted by molar-refractivity contribution is -0.150. The molecule has 0 aromatic carbocycles. The maximum Gasteiger partial charge on any atom is 0.253 e. The molecule has 1 aliphatic heterocycles. The van der Waals surface area contributed by atoms with Crippen molar-refractivity contribution in [3.8, 4) is 0 Å². The lowest BCUT2D eigenvalue weighted by Crippen LogP contribution is -2.58. The Morgan fingerprint density at radius 2 is 2.18 bits per heavy atom. The largest absolute Gasteiger partial charge is 0.477 e. The Labute approximate surface area is 130 Å². The van der Waals surface area contributed by atoms with Crippen LogP contribution in [0, 0.1) is 0 Å². The molecule has 0 aliphatic carbocycles. The monoisotopic (exact) mass is 303 g/mol. The third-order valence-electron chi connectivity index (χ3n) is 3.12. The minimum Gasteiger partial charge on any atom is -0.477 e. The molecule has 6 heteroatoms. The molecule has 0 spiro atoms. The number of rotatable bonds is 6. The zero-order valence-corrected chi connectivity index (χ0v) is 13.1. The first-order valence-electron chi connectivity index (χ1n) is 6.74. The second kappa shape index (κ2) is 7.40. The van der Waals surface area contributed by atoms with Crippen LogP contribution in [0.2, 0.25) is 0 Å². The van der Waals surface area contributed by atoms with Gasteiger partial charge in [0.1, 0.15) is 11.3 Å². The molecule has 0 saturated carbocycles. The number of amides is 2. The van der Waals surface area contributed by atoms with Gasteiger partial charge >= 0.3 is 0 Å². The average molecular weight is 303 g/mol. The molecule has 1 aliphatic rings. The van der Waals surface area contributed by atoms with E-state index in [1.807, 2.05) is 0 Å². The molecule has 0 saturated heterocycles. The number of nitrogens with one attached hydrogen (secondary N) is 1. The molecule has 1 N–H and O–H groups in total. The summed E-state index contributed by atoms with van der Waals surface area (Å²) in [5, 5.41) is 2.71. The Balaban J connectivity index is 2.92. The van der Waals surface area contributed by atoms with Gasteiger partial charge in [0.2, 0.25) is 5.91 Å². The summed E-state index contributed by atoms with van der Waals surface area (Å²) in [4.78, 5) is 29.8. The maximum atomic E-state index is 12.5. The first-order chi connectivity index (χ1) is 10.3. The molecule has 0 bridgehead atoms. The molecule has 0 unspecified atom stereocenters. The molecular formula is C16H21N3O3. The fourth-order valence-electron chi connectivity index (χ4n) is 1.74. The molecule has 1 heterocycles. The summed E-state index contributed by atoms with van der Waals surface area (Å²) in [6.45, 7) is 12.1. The number of carbonyl (C=O) groups is 2. The quantitative estimate of drug-likeness (QED) is 0.601. The van der Waals surface area contributed by atoms with E-state index in [4.69, 9.17) is 4.74 Å². The van der Waals surface area contributed by atoms with Gasteiger partial charge in [0.25, 0.3) is 5.91 Å². The van der Waals surface area contributed by atoms with E-state index in [1.165, 1.54) is 29.5 Å². The minimum absolute atomic E-state index is 0.0306. The van der Waals surface area contributed by atoms with Crippen LogP contribution in [0.1, 0.15) is 20.8 Å². The van der Waals surface area contributed by atoms with Crippen LogP contribution in [-0.4, -0.2) is 35.2 Å². The number of ether oxygens (including phenoxy) is 1. The van der Waals surface area contributed by atoms with E-state index in [1.54, 1.807) is 26.8 Å². The average Bonchev–Trinajstić information content (AvgIpc) is 2.44. The highest BCUT2D eigenvalue weighted by molar-refractivity contribution is 5.98. The molecule has 118 valence electrons. The summed E-state index contributed by atoms with van der Waals surface area (Å²) in [5.74, 6) is -0.0956. The number of hydrogen-bond donors (Lipinski definition) is 1. The van der Waals surface area contributed by atoms with Crippen LogP contribution in [0.4, 0.5) is 0 Å². The summed E-state index contributed by atoms with van der Waals surface area (Å²) in [7, 11) is 0. The zero-order valence-electron chi connectivity index (χ0n) is 13.1. The van der Waals surface area contributed by atoms with Crippen LogP contribution in [0.3, 0.4) is 0 Å². The Morgan fingerprint density at radius 1 is 1.50 bits per heavy atom. The molecule has 1 rings (SSSR count). The van der Waals surface area contributed by atoms with Crippen molar-refractivity contribution in [2.45, 2.75) is 26.3 Å². The number of hydrogen-bond acceptors (Lipinski definition) is 4. The topological polar surface area (TPSA) is 71.0 Å². The summed E-state index contributed by atoms with van der Waals surface area (Å²) in [6.07, 6.45) is 7.28. The molecule has 2 amide bonds. The predicted octanol–water partition coefficient (Wildman–Crippen LogP) is 1.89. The van der Waals surface area contributed by atoms with Crippen molar-refractivity contribution < 1.29 is 14.3 Å². The van der Waals surface area contributed by atoms with Gasteiger partial charge in [0, 0.05) is 12.3 Å². The lowest BCUT2D eigenvalue weighted by Gasteiger charge is -2.38. The fourth-order valence-corrected chi connectivity index (χ4v) is 1.74. The molecule has 0 fully saturated rings. The number of aliphatic imine (C=N–C) groups is 1. The van der Waals surface area contributed by atoms with Crippen LogP contribution in [0.5, 0.6) is 0 Å². The normalized spacial score (nSPS) is 16.1. The summed E-state index contributed by atoms with van der Waals surface area (Å²) in [5.41, 5.74) is -0.638. The van der Waals surface area contributed by atoms with E-state index in [0.29, 0.717) is 11.5 Å². The zero-order chi connectivity index (χ0) is 16.8. The van der Waals surface area contributed by atoms with Crippen molar-refractivity contribution in [1.82, 2.24) is 10.2 Å². The van der Waals surface area contributed by atoms with Gasteiger partial charge in [-0.1, -0.05) is 19.2 Å². The fraction of sp³-hybridized carbons (Fsp3) is 0.312. The summed E-state index contributed by atoms with van der Waals surface area (Å²) < 4.78 is 5.33. The van der Waals surface area contributed by atoms with E-state index >= 15 is 0 Å². The molecule has 0 radical (unpaired) electrons. The highest BCUT2D eigenvalue weighted by atomic mass is 16.5.